The Labute approximate surface area is 126 Å². The van der Waals surface area contributed by atoms with Gasteiger partial charge in [0.15, 0.2) is 0 Å². The van der Waals surface area contributed by atoms with E-state index in [0.717, 1.165) is 12.8 Å². The van der Waals surface area contributed by atoms with Gasteiger partial charge in [-0.15, -0.1) is 5.10 Å². The second-order valence-corrected chi connectivity index (χ2v) is 4.96. The summed E-state index contributed by atoms with van der Waals surface area (Å²) in [6.07, 6.45) is 1.99. The summed E-state index contributed by atoms with van der Waals surface area (Å²) in [6, 6.07) is 4.62. The van der Waals surface area contributed by atoms with Gasteiger partial charge in [0.2, 0.25) is 0 Å². The Hall–Kier alpha value is -1.66. The molecule has 1 amide bonds. The van der Waals surface area contributed by atoms with Crippen molar-refractivity contribution in [3.63, 3.8) is 0 Å². The molecule has 1 aromatic carbocycles. The number of anilines is 1. The monoisotopic (exact) mass is 313 g/mol. The molecule has 0 aliphatic heterocycles. The first kappa shape index (κ1) is 14.7. The Morgan fingerprint density at radius 2 is 2.15 bits per heavy atom. The van der Waals surface area contributed by atoms with Crippen molar-refractivity contribution in [2.45, 2.75) is 26.3 Å². The SMILES string of the molecule is CCCCn1nnc(NC(=O)c2ccc(Cl)c(Cl)c2)n1. The lowest BCUT2D eigenvalue weighted by Gasteiger charge is -2.02. The maximum atomic E-state index is 12.0. The Morgan fingerprint density at radius 1 is 1.35 bits per heavy atom. The number of amides is 1. The zero-order valence-electron chi connectivity index (χ0n) is 10.8. The van der Waals surface area contributed by atoms with Crippen LogP contribution in [0.3, 0.4) is 0 Å². The van der Waals surface area contributed by atoms with E-state index in [-0.39, 0.29) is 11.9 Å². The predicted molar refractivity (Wildman–Crippen MR) is 77.1 cm³/mol. The molecular formula is C12H13Cl2N5O. The standard InChI is InChI=1S/C12H13Cl2N5O/c1-2-3-6-19-17-12(16-18-19)15-11(20)8-4-5-9(13)10(14)7-8/h4-5,7H,2-3,6H2,1H3,(H,15,17,20). The first-order valence-electron chi connectivity index (χ1n) is 6.14. The summed E-state index contributed by atoms with van der Waals surface area (Å²) < 4.78 is 0. The van der Waals surface area contributed by atoms with Crippen LogP contribution < -0.4 is 5.32 Å². The number of hydrogen-bond acceptors (Lipinski definition) is 4. The second kappa shape index (κ2) is 6.67. The van der Waals surface area contributed by atoms with Gasteiger partial charge in [0.25, 0.3) is 11.9 Å². The Morgan fingerprint density at radius 3 is 2.85 bits per heavy atom. The van der Waals surface area contributed by atoms with Gasteiger partial charge in [0.1, 0.15) is 0 Å². The van der Waals surface area contributed by atoms with Crippen molar-refractivity contribution < 1.29 is 4.79 Å². The van der Waals surface area contributed by atoms with Gasteiger partial charge >= 0.3 is 0 Å². The van der Waals surface area contributed by atoms with Crippen LogP contribution in [-0.4, -0.2) is 26.1 Å². The van der Waals surface area contributed by atoms with E-state index in [4.69, 9.17) is 23.2 Å². The third kappa shape index (κ3) is 3.68. The fraction of sp³-hybridized carbons (Fsp3) is 0.333. The molecule has 1 heterocycles. The second-order valence-electron chi connectivity index (χ2n) is 4.15. The molecule has 8 heteroatoms. The molecule has 1 N–H and O–H groups in total. The van der Waals surface area contributed by atoms with Gasteiger partial charge in [0.05, 0.1) is 16.6 Å². The highest BCUT2D eigenvalue weighted by Crippen LogP contribution is 2.22. The van der Waals surface area contributed by atoms with Gasteiger partial charge < -0.3 is 0 Å². The fourth-order valence-corrected chi connectivity index (χ4v) is 1.80. The zero-order chi connectivity index (χ0) is 14.5. The highest BCUT2D eigenvalue weighted by Gasteiger charge is 2.11. The van der Waals surface area contributed by atoms with Crippen LogP contribution in [0.25, 0.3) is 0 Å². The third-order valence-electron chi connectivity index (χ3n) is 2.57. The average Bonchev–Trinajstić information content (AvgIpc) is 2.87. The summed E-state index contributed by atoms with van der Waals surface area (Å²) in [5.41, 5.74) is 0.379. The number of carbonyl (C=O) groups is 1. The lowest BCUT2D eigenvalue weighted by atomic mass is 10.2. The molecule has 0 aliphatic rings. The highest BCUT2D eigenvalue weighted by molar-refractivity contribution is 6.42. The molecule has 0 aliphatic carbocycles. The van der Waals surface area contributed by atoms with Crippen LogP contribution in [0.2, 0.25) is 10.0 Å². The van der Waals surface area contributed by atoms with Gasteiger partial charge in [-0.05, 0) is 29.8 Å². The van der Waals surface area contributed by atoms with Gasteiger partial charge in [0, 0.05) is 5.56 Å². The van der Waals surface area contributed by atoms with Crippen LogP contribution in [0, 0.1) is 0 Å². The minimum absolute atomic E-state index is 0.164. The van der Waals surface area contributed by atoms with Gasteiger partial charge in [-0.1, -0.05) is 41.6 Å². The third-order valence-corrected chi connectivity index (χ3v) is 3.31. The molecule has 6 nitrogen and oxygen atoms in total. The minimum atomic E-state index is -0.362. The molecule has 0 fully saturated rings. The van der Waals surface area contributed by atoms with Crippen LogP contribution in [0.15, 0.2) is 18.2 Å². The normalized spacial score (nSPS) is 10.6. The molecule has 0 bridgehead atoms. The van der Waals surface area contributed by atoms with Crippen LogP contribution >= 0.6 is 23.2 Å². The van der Waals surface area contributed by atoms with E-state index in [0.29, 0.717) is 22.2 Å². The molecule has 0 radical (unpaired) electrons. The van der Waals surface area contributed by atoms with E-state index in [1.165, 1.54) is 10.9 Å². The molecule has 0 atom stereocenters. The average molecular weight is 314 g/mol. The minimum Gasteiger partial charge on any atom is -0.288 e. The fourth-order valence-electron chi connectivity index (χ4n) is 1.50. The Bertz CT molecular complexity index is 614. The molecule has 1 aromatic heterocycles. The lowest BCUT2D eigenvalue weighted by Crippen LogP contribution is -2.13. The number of aryl methyl sites for hydroxylation is 1. The van der Waals surface area contributed by atoms with Crippen molar-refractivity contribution in [2.24, 2.45) is 0 Å². The van der Waals surface area contributed by atoms with E-state index in [2.05, 4.69) is 27.7 Å². The van der Waals surface area contributed by atoms with Crippen molar-refractivity contribution >= 4 is 35.1 Å². The maximum Gasteiger partial charge on any atom is 0.270 e. The van der Waals surface area contributed by atoms with E-state index < -0.39 is 0 Å². The summed E-state index contributed by atoms with van der Waals surface area (Å²) in [6.45, 7) is 2.75. The van der Waals surface area contributed by atoms with E-state index in [9.17, 15) is 4.79 Å². The van der Waals surface area contributed by atoms with E-state index in [1.807, 2.05) is 0 Å². The summed E-state index contributed by atoms with van der Waals surface area (Å²) in [5, 5.41) is 14.9. The topological polar surface area (TPSA) is 72.7 Å². The summed E-state index contributed by atoms with van der Waals surface area (Å²) >= 11 is 11.7. The molecule has 0 saturated heterocycles. The number of tetrazole rings is 1. The van der Waals surface area contributed by atoms with Crippen molar-refractivity contribution in [3.05, 3.63) is 33.8 Å². The zero-order valence-corrected chi connectivity index (χ0v) is 12.3. The largest absolute Gasteiger partial charge is 0.288 e. The van der Waals surface area contributed by atoms with Crippen molar-refractivity contribution in [1.29, 1.82) is 0 Å². The van der Waals surface area contributed by atoms with Crippen LogP contribution in [-0.2, 0) is 6.54 Å². The predicted octanol–water partition coefficient (Wildman–Crippen LogP) is 3.03. The first-order chi connectivity index (χ1) is 9.60. The number of hydrogen-bond donors (Lipinski definition) is 1. The molecule has 0 spiro atoms. The number of unbranched alkanes of at least 4 members (excludes halogenated alkanes) is 1. The Balaban J connectivity index is 2.03. The number of nitrogens with one attached hydrogen (secondary N) is 1. The van der Waals surface area contributed by atoms with E-state index in [1.54, 1.807) is 12.1 Å². The molecule has 0 saturated carbocycles. The summed E-state index contributed by atoms with van der Waals surface area (Å²) in [5.74, 6) is -0.198. The van der Waals surface area contributed by atoms with Gasteiger partial charge in [-0.2, -0.15) is 4.80 Å². The van der Waals surface area contributed by atoms with Crippen LogP contribution in [0.5, 0.6) is 0 Å². The number of aromatic nitrogens is 4. The summed E-state index contributed by atoms with van der Waals surface area (Å²) in [7, 11) is 0. The summed E-state index contributed by atoms with van der Waals surface area (Å²) in [4.78, 5) is 13.4. The number of benzene rings is 1. The van der Waals surface area contributed by atoms with Crippen molar-refractivity contribution in [3.8, 4) is 0 Å². The van der Waals surface area contributed by atoms with Gasteiger partial charge in [-0.25, -0.2) is 0 Å². The molecule has 20 heavy (non-hydrogen) atoms. The lowest BCUT2D eigenvalue weighted by molar-refractivity contribution is 0.102. The van der Waals surface area contributed by atoms with Gasteiger partial charge in [-0.3, -0.25) is 10.1 Å². The van der Waals surface area contributed by atoms with E-state index >= 15 is 0 Å². The van der Waals surface area contributed by atoms with Crippen LogP contribution in [0.1, 0.15) is 30.1 Å². The number of carbonyl (C=O) groups excluding carboxylic acids is 1. The number of nitrogens with zero attached hydrogens (tertiary/aromatic N) is 4. The highest BCUT2D eigenvalue weighted by atomic mass is 35.5. The molecular weight excluding hydrogens is 301 g/mol. The number of rotatable bonds is 5. The molecule has 2 aromatic rings. The van der Waals surface area contributed by atoms with Crippen LogP contribution in [0.4, 0.5) is 5.95 Å². The Kier molecular flexibility index (Phi) is 4.92. The molecule has 2 rings (SSSR count). The smallest absolute Gasteiger partial charge is 0.270 e. The first-order valence-corrected chi connectivity index (χ1v) is 6.90. The number of halogens is 2. The molecule has 0 unspecified atom stereocenters. The van der Waals surface area contributed by atoms with Crippen molar-refractivity contribution in [1.82, 2.24) is 20.2 Å². The van der Waals surface area contributed by atoms with Crippen molar-refractivity contribution in [2.75, 3.05) is 5.32 Å². The molecule has 106 valence electrons. The maximum absolute atomic E-state index is 12.0. The quantitative estimate of drug-likeness (QED) is 0.920.